The number of ketones is 2. The second kappa shape index (κ2) is 27.2. The van der Waals surface area contributed by atoms with Gasteiger partial charge in [0.1, 0.15) is 5.78 Å². The van der Waals surface area contributed by atoms with E-state index in [1.165, 1.54) is 147 Å². The predicted molar refractivity (Wildman–Crippen MR) is 403 cm³/mol. The highest BCUT2D eigenvalue weighted by Gasteiger charge is 2.71. The molecule has 0 bridgehead atoms. The summed E-state index contributed by atoms with van der Waals surface area (Å²) >= 11 is 0. The van der Waals surface area contributed by atoms with Gasteiger partial charge in [-0.15, -0.1) is 0 Å². The smallest absolute Gasteiger partial charge is 0.174 e. The number of carbonyl (C=O) groups excluding carboxylic acids is 2. The van der Waals surface area contributed by atoms with E-state index >= 15 is 0 Å². The summed E-state index contributed by atoms with van der Waals surface area (Å²) in [6.45, 7) is 39.5. The number of Topliss-reactive ketones (excluding diaryl/α,β-unsaturated/α-hetero) is 1. The van der Waals surface area contributed by atoms with Crippen LogP contribution in [-0.4, -0.2) is 79.4 Å². The van der Waals surface area contributed by atoms with Crippen molar-refractivity contribution >= 4 is 11.6 Å². The minimum atomic E-state index is -0.408. The number of rotatable bonds is 0. The van der Waals surface area contributed by atoms with Crippen molar-refractivity contribution in [3.05, 3.63) is 46.6 Å². The summed E-state index contributed by atoms with van der Waals surface area (Å²) < 4.78 is 37.4. The van der Waals surface area contributed by atoms with Gasteiger partial charge in [-0.2, -0.15) is 0 Å². The molecule has 16 aliphatic carbocycles. The first-order chi connectivity index (χ1) is 47.4. The van der Waals surface area contributed by atoms with Crippen molar-refractivity contribution in [1.82, 2.24) is 0 Å². The van der Waals surface area contributed by atoms with Crippen LogP contribution in [0.2, 0.25) is 0 Å². The summed E-state index contributed by atoms with van der Waals surface area (Å²) in [6, 6.07) is 0. The molecule has 0 aromatic heterocycles. The number of hydrogen-bond acceptors (Lipinski definition) is 10. The lowest BCUT2D eigenvalue weighted by Crippen LogP contribution is -2.56. The minimum absolute atomic E-state index is 0. The van der Waals surface area contributed by atoms with Crippen LogP contribution in [0.15, 0.2) is 46.6 Å². The molecular formula is C91H144O10. The van der Waals surface area contributed by atoms with Gasteiger partial charge in [-0.1, -0.05) is 131 Å². The standard InChI is InChI=1S/C22H32O3.2C22H34O2.C20H30O.C4H10O2.CH4/c1-14-4-7-20(2)15(12-14)13-18(23)19-16(20)5-8-21(3)17(19)6-9-22(21)24-10-11-25-22;2*1-15-6-9-20(2)16(14-15)4-5-17-18(20)7-10-21(3)19(17)8-11-22(21)23-12-13-24-22;1-13-8-10-19(2)14(12-13)4-5-15-16-6-7-18(21)20(16,3)11-9-17(15)19;1-4(2,3)6-5;/h13-14,16-17,19H,4-12H2,1-3H3;2*4,15,17-19H,5-14H2,1-3H3;4,13,15-17H,5-12H2,1-3H3;5H,1-3H3;1H4/t14-,16?,17?,19?,20-,21-;2*15-,17?,18?,19?,20-,21-;13-,15?,16?,17?,19-,20-;;/m0000../s1. The van der Waals surface area contributed by atoms with E-state index in [2.05, 4.69) is 112 Å². The Hall–Kier alpha value is -2.02. The van der Waals surface area contributed by atoms with E-state index in [0.717, 1.165) is 155 Å². The van der Waals surface area contributed by atoms with Gasteiger partial charge < -0.3 is 28.4 Å². The van der Waals surface area contributed by atoms with Gasteiger partial charge in [-0.3, -0.25) is 14.8 Å². The van der Waals surface area contributed by atoms with Gasteiger partial charge in [0, 0.05) is 53.3 Å². The third kappa shape index (κ3) is 11.9. The van der Waals surface area contributed by atoms with Gasteiger partial charge in [-0.25, -0.2) is 4.89 Å². The highest BCUT2D eigenvalue weighted by Crippen LogP contribution is 2.73. The molecule has 10 nitrogen and oxygen atoms in total. The van der Waals surface area contributed by atoms with Crippen molar-refractivity contribution in [1.29, 1.82) is 0 Å². The molecule has 12 unspecified atom stereocenters. The third-order valence-corrected chi connectivity index (χ3v) is 35.6. The zero-order valence-corrected chi connectivity index (χ0v) is 65.8. The van der Waals surface area contributed by atoms with E-state index in [4.69, 9.17) is 33.7 Å². The van der Waals surface area contributed by atoms with Gasteiger partial charge in [0.05, 0.1) is 45.2 Å². The van der Waals surface area contributed by atoms with Crippen LogP contribution in [0.4, 0.5) is 0 Å². The summed E-state index contributed by atoms with van der Waals surface area (Å²) in [4.78, 5) is 29.6. The van der Waals surface area contributed by atoms with Gasteiger partial charge in [0.2, 0.25) is 0 Å². The number of ether oxygens (including phenoxy) is 6. The predicted octanol–water partition coefficient (Wildman–Crippen LogP) is 22.2. The molecule has 3 saturated heterocycles. The van der Waals surface area contributed by atoms with Crippen LogP contribution >= 0.6 is 0 Å². The Labute approximate surface area is 614 Å². The first kappa shape index (κ1) is 75.8. The third-order valence-electron chi connectivity index (χ3n) is 35.6. The Kier molecular flexibility index (Phi) is 20.4. The van der Waals surface area contributed by atoms with E-state index in [1.54, 1.807) is 26.3 Å². The van der Waals surface area contributed by atoms with E-state index < -0.39 is 11.4 Å². The Morgan fingerprint density at radius 2 is 0.663 bits per heavy atom. The summed E-state index contributed by atoms with van der Waals surface area (Å²) in [5.41, 5.74) is 8.67. The van der Waals surface area contributed by atoms with Crippen LogP contribution in [0.3, 0.4) is 0 Å². The lowest BCUT2D eigenvalue weighted by atomic mass is 9.47. The number of fused-ring (bicyclic) bond motifs is 23. The highest BCUT2D eigenvalue weighted by atomic mass is 17.1. The zero-order chi connectivity index (χ0) is 70.6. The number of hydrogen-bond donors (Lipinski definition) is 1. The summed E-state index contributed by atoms with van der Waals surface area (Å²) in [7, 11) is 0. The highest BCUT2D eigenvalue weighted by molar-refractivity contribution is 5.94. The maximum Gasteiger partial charge on any atom is 0.174 e. The van der Waals surface area contributed by atoms with Crippen LogP contribution in [0.25, 0.3) is 0 Å². The number of carbonyl (C=O) groups is 2. The fraction of sp³-hybridized carbons (Fsp3) is 0.890. The minimum Gasteiger partial charge on any atom is -0.347 e. The molecular weight excluding hydrogens is 1250 g/mol. The van der Waals surface area contributed by atoms with Crippen molar-refractivity contribution in [3.8, 4) is 0 Å². The lowest BCUT2D eigenvalue weighted by Gasteiger charge is -2.58. The quantitative estimate of drug-likeness (QED) is 0.143. The second-order valence-electron chi connectivity index (χ2n) is 41.4. The van der Waals surface area contributed by atoms with Gasteiger partial charge >= 0.3 is 0 Å². The molecule has 10 heteroatoms. The monoisotopic (exact) mass is 1400 g/mol. The molecule has 24 atom stereocenters. The number of allylic oxidation sites excluding steroid dienone is 8. The van der Waals surface area contributed by atoms with E-state index in [1.807, 2.05) is 11.1 Å². The van der Waals surface area contributed by atoms with Crippen molar-refractivity contribution in [3.63, 3.8) is 0 Å². The fourth-order valence-corrected chi connectivity index (χ4v) is 29.5. The molecule has 568 valence electrons. The molecule has 3 heterocycles. The molecule has 3 aliphatic heterocycles. The van der Waals surface area contributed by atoms with Crippen molar-refractivity contribution in [2.75, 3.05) is 39.6 Å². The van der Waals surface area contributed by atoms with Crippen molar-refractivity contribution in [2.24, 2.45) is 138 Å². The Morgan fingerprint density at radius 3 is 1.04 bits per heavy atom. The second-order valence-corrected chi connectivity index (χ2v) is 41.4. The van der Waals surface area contributed by atoms with Crippen LogP contribution in [-0.2, 0) is 42.9 Å². The molecule has 19 aliphatic rings. The fourth-order valence-electron chi connectivity index (χ4n) is 29.5. The topological polar surface area (TPSA) is 119 Å². The molecule has 0 amide bonds. The maximum atomic E-state index is 13.3. The largest absolute Gasteiger partial charge is 0.347 e. The maximum absolute atomic E-state index is 13.3. The first-order valence-corrected chi connectivity index (χ1v) is 42.4. The Balaban J connectivity index is 0.000000111. The van der Waals surface area contributed by atoms with Gasteiger partial charge in [0.15, 0.2) is 23.1 Å². The Bertz CT molecular complexity index is 3080. The molecule has 3 spiro atoms. The normalized spacial score (nSPS) is 49.3. The van der Waals surface area contributed by atoms with Crippen LogP contribution < -0.4 is 0 Å². The van der Waals surface area contributed by atoms with Crippen molar-refractivity contribution < 1.29 is 48.2 Å². The summed E-state index contributed by atoms with van der Waals surface area (Å²) in [6.07, 6.45) is 49.2. The molecule has 0 aromatic rings. The van der Waals surface area contributed by atoms with Crippen LogP contribution in [0.5, 0.6) is 0 Å². The molecule has 15 fully saturated rings. The summed E-state index contributed by atoms with van der Waals surface area (Å²) in [5.74, 6) is 12.1. The van der Waals surface area contributed by atoms with E-state index in [9.17, 15) is 9.59 Å². The lowest BCUT2D eigenvalue weighted by molar-refractivity contribution is -0.306. The van der Waals surface area contributed by atoms with Crippen LogP contribution in [0.1, 0.15) is 310 Å². The van der Waals surface area contributed by atoms with Crippen LogP contribution in [0, 0.1) is 138 Å². The van der Waals surface area contributed by atoms with Gasteiger partial charge in [0.25, 0.3) is 0 Å². The molecule has 12 saturated carbocycles. The zero-order valence-electron chi connectivity index (χ0n) is 65.8. The van der Waals surface area contributed by atoms with E-state index in [-0.39, 0.29) is 52.0 Å². The molecule has 1 N–H and O–H groups in total. The average molecular weight is 1400 g/mol. The molecule has 0 radical (unpaired) electrons. The molecule has 19 rings (SSSR count). The Morgan fingerprint density at radius 1 is 0.376 bits per heavy atom. The first-order valence-electron chi connectivity index (χ1n) is 42.4. The SMILES string of the molecule is C.CC(C)(C)OO.C[C@H]1CC[C@@]2(C)C(=CC(=O)C3C2CC[C@@]2(C)C3CCC23OCCO3)C1.C[C@H]1CC[C@@]2(C)C(=CCC3C2CC[C@@]2(C)C3CCC23OCCO3)C1.C[C@H]1CC[C@@]2(C)C(=CCC3C2CC[C@@]2(C)C3CCC23OCCO3)C1.C[C@H]1CC[C@@]2(C)C(=CCC3C2CC[C@]2(C)C(=O)CCC32)C1. The average Bonchev–Trinajstić information content (AvgIpc) is 1.61. The van der Waals surface area contributed by atoms with E-state index in [0.29, 0.717) is 58.8 Å². The molecule has 101 heavy (non-hydrogen) atoms. The van der Waals surface area contributed by atoms with Crippen molar-refractivity contribution in [2.45, 2.75) is 333 Å². The van der Waals surface area contributed by atoms with Gasteiger partial charge in [-0.05, 0) is 311 Å². The summed E-state index contributed by atoms with van der Waals surface area (Å²) in [5, 5.41) is 7.90. The molecule has 0 aromatic carbocycles.